The quantitative estimate of drug-likeness (QED) is 0.699. The van der Waals surface area contributed by atoms with Crippen LogP contribution in [0.4, 0.5) is 4.39 Å². The number of primary amides is 1. The number of hydrogen-bond donors (Lipinski definition) is 2. The Morgan fingerprint density at radius 1 is 1.15 bits per heavy atom. The maximum absolute atomic E-state index is 13.6. The fourth-order valence-corrected chi connectivity index (χ4v) is 2.73. The van der Waals surface area contributed by atoms with Crippen LogP contribution in [0, 0.1) is 12.7 Å². The van der Waals surface area contributed by atoms with Crippen LogP contribution in [-0.4, -0.2) is 23.5 Å². The van der Waals surface area contributed by atoms with Crippen LogP contribution < -0.4 is 11.1 Å². The van der Waals surface area contributed by atoms with E-state index in [1.54, 1.807) is 43.3 Å². The third-order valence-corrected chi connectivity index (χ3v) is 4.05. The molecule has 0 aliphatic heterocycles. The Hall–Kier alpha value is -3.48. The number of carbonyl (C=O) groups excluding carboxylic acids is 2. The summed E-state index contributed by atoms with van der Waals surface area (Å²) in [6.45, 7) is 1.94. The van der Waals surface area contributed by atoms with Gasteiger partial charge < -0.3 is 15.6 Å². The summed E-state index contributed by atoms with van der Waals surface area (Å²) < 4.78 is 18.9. The molecule has 1 aromatic heterocycles. The molecule has 0 unspecified atom stereocenters. The molecule has 0 aliphatic carbocycles. The highest BCUT2D eigenvalue weighted by atomic mass is 19.1. The summed E-state index contributed by atoms with van der Waals surface area (Å²) in [5, 5.41) is 6.71. The summed E-state index contributed by atoms with van der Waals surface area (Å²) in [5.74, 6) is -0.549. The van der Waals surface area contributed by atoms with Gasteiger partial charge >= 0.3 is 0 Å². The van der Waals surface area contributed by atoms with Gasteiger partial charge in [0.05, 0.1) is 5.56 Å². The maximum Gasteiger partial charge on any atom is 0.251 e. The standard InChI is InChI=1S/C20H18FN3O3/c1-12-18(15-3-2-4-16(21)11-15)19(24-27-12)13-5-7-14(8-6-13)20(26)23-10-9-17(22)25/h2-8,11H,9-10H2,1H3,(H2,22,25)(H,23,26). The molecule has 3 rings (SSSR count). The predicted molar refractivity (Wildman–Crippen MR) is 98.2 cm³/mol. The highest BCUT2D eigenvalue weighted by Crippen LogP contribution is 2.34. The average Bonchev–Trinajstić information content (AvgIpc) is 3.03. The third kappa shape index (κ3) is 4.20. The van der Waals surface area contributed by atoms with Crippen LogP contribution in [0.5, 0.6) is 0 Å². The van der Waals surface area contributed by atoms with Crippen molar-refractivity contribution in [1.82, 2.24) is 10.5 Å². The fraction of sp³-hybridized carbons (Fsp3) is 0.150. The van der Waals surface area contributed by atoms with E-state index < -0.39 is 5.91 Å². The zero-order valence-electron chi connectivity index (χ0n) is 14.7. The largest absolute Gasteiger partial charge is 0.370 e. The fourth-order valence-electron chi connectivity index (χ4n) is 2.73. The molecule has 27 heavy (non-hydrogen) atoms. The molecule has 0 aliphatic rings. The summed E-state index contributed by atoms with van der Waals surface area (Å²) in [5.41, 5.74) is 8.16. The lowest BCUT2D eigenvalue weighted by Gasteiger charge is -2.06. The molecule has 0 saturated heterocycles. The van der Waals surface area contributed by atoms with E-state index in [0.29, 0.717) is 28.1 Å². The number of nitrogens with one attached hydrogen (secondary N) is 1. The maximum atomic E-state index is 13.6. The smallest absolute Gasteiger partial charge is 0.251 e. The minimum absolute atomic E-state index is 0.0824. The van der Waals surface area contributed by atoms with Crippen LogP contribution in [0.2, 0.25) is 0 Å². The molecule has 2 amide bonds. The minimum atomic E-state index is -0.475. The van der Waals surface area contributed by atoms with Gasteiger partial charge in [0.15, 0.2) is 0 Å². The van der Waals surface area contributed by atoms with E-state index in [1.165, 1.54) is 12.1 Å². The molecule has 1 heterocycles. The van der Waals surface area contributed by atoms with Crippen molar-refractivity contribution < 1.29 is 18.5 Å². The number of rotatable bonds is 6. The second-order valence-electron chi connectivity index (χ2n) is 6.02. The molecule has 7 heteroatoms. The van der Waals surface area contributed by atoms with Crippen molar-refractivity contribution in [2.75, 3.05) is 6.54 Å². The second-order valence-corrected chi connectivity index (χ2v) is 6.02. The first-order chi connectivity index (χ1) is 13.0. The van der Waals surface area contributed by atoms with Crippen LogP contribution in [0.3, 0.4) is 0 Å². The Balaban J connectivity index is 1.84. The number of aryl methyl sites for hydroxylation is 1. The number of halogens is 1. The van der Waals surface area contributed by atoms with Crippen molar-refractivity contribution in [3.8, 4) is 22.4 Å². The minimum Gasteiger partial charge on any atom is -0.370 e. The molecule has 3 N–H and O–H groups in total. The molecule has 3 aromatic rings. The molecule has 2 aromatic carbocycles. The van der Waals surface area contributed by atoms with Gasteiger partial charge in [-0.15, -0.1) is 0 Å². The molecule has 0 spiro atoms. The lowest BCUT2D eigenvalue weighted by atomic mass is 9.98. The van der Waals surface area contributed by atoms with Gasteiger partial charge in [0, 0.05) is 24.1 Å². The molecule has 0 bridgehead atoms. The van der Waals surface area contributed by atoms with Gasteiger partial charge in [0.25, 0.3) is 5.91 Å². The van der Waals surface area contributed by atoms with Crippen molar-refractivity contribution in [3.05, 3.63) is 65.7 Å². The van der Waals surface area contributed by atoms with Gasteiger partial charge in [-0.1, -0.05) is 29.4 Å². The normalized spacial score (nSPS) is 10.6. The summed E-state index contributed by atoms with van der Waals surface area (Å²) in [6, 6.07) is 13.0. The zero-order chi connectivity index (χ0) is 19.4. The van der Waals surface area contributed by atoms with Gasteiger partial charge in [-0.3, -0.25) is 9.59 Å². The van der Waals surface area contributed by atoms with E-state index in [-0.39, 0.29) is 24.7 Å². The number of benzene rings is 2. The molecule has 6 nitrogen and oxygen atoms in total. The van der Waals surface area contributed by atoms with Gasteiger partial charge in [0.1, 0.15) is 17.3 Å². The first kappa shape index (κ1) is 18.3. The van der Waals surface area contributed by atoms with Crippen LogP contribution >= 0.6 is 0 Å². The molecular weight excluding hydrogens is 349 g/mol. The molecule has 0 saturated carbocycles. The SMILES string of the molecule is Cc1onc(-c2ccc(C(=O)NCCC(N)=O)cc2)c1-c1cccc(F)c1. The Morgan fingerprint density at radius 2 is 1.89 bits per heavy atom. The van der Waals surface area contributed by atoms with Crippen molar-refractivity contribution in [3.63, 3.8) is 0 Å². The van der Waals surface area contributed by atoms with Crippen LogP contribution in [0.15, 0.2) is 53.1 Å². The van der Waals surface area contributed by atoms with Crippen molar-refractivity contribution in [2.24, 2.45) is 5.73 Å². The number of carbonyl (C=O) groups is 2. The third-order valence-electron chi connectivity index (χ3n) is 4.05. The molecular formula is C20H18FN3O3. The first-order valence-corrected chi connectivity index (χ1v) is 8.35. The highest BCUT2D eigenvalue weighted by Gasteiger charge is 2.17. The Kier molecular flexibility index (Phi) is 5.30. The van der Waals surface area contributed by atoms with Crippen LogP contribution in [0.1, 0.15) is 22.5 Å². The van der Waals surface area contributed by atoms with E-state index in [1.807, 2.05) is 0 Å². The molecule has 0 atom stereocenters. The summed E-state index contributed by atoms with van der Waals surface area (Å²) in [4.78, 5) is 22.8. The van der Waals surface area contributed by atoms with E-state index >= 15 is 0 Å². The van der Waals surface area contributed by atoms with Crippen LogP contribution in [-0.2, 0) is 4.79 Å². The molecule has 0 radical (unpaired) electrons. The number of nitrogens with two attached hydrogens (primary N) is 1. The van der Waals surface area contributed by atoms with Gasteiger partial charge in [-0.25, -0.2) is 4.39 Å². The predicted octanol–water partition coefficient (Wildman–Crippen LogP) is 3.06. The van der Waals surface area contributed by atoms with E-state index in [9.17, 15) is 14.0 Å². The van der Waals surface area contributed by atoms with E-state index in [0.717, 1.165) is 5.56 Å². The van der Waals surface area contributed by atoms with Crippen LogP contribution in [0.25, 0.3) is 22.4 Å². The van der Waals surface area contributed by atoms with Crippen molar-refractivity contribution in [1.29, 1.82) is 0 Å². The Labute approximate surface area is 155 Å². The number of amides is 2. The average molecular weight is 367 g/mol. The summed E-state index contributed by atoms with van der Waals surface area (Å²) >= 11 is 0. The summed E-state index contributed by atoms with van der Waals surface area (Å²) in [6.07, 6.45) is 0.0824. The first-order valence-electron chi connectivity index (χ1n) is 8.35. The van der Waals surface area contributed by atoms with E-state index in [4.69, 9.17) is 10.3 Å². The van der Waals surface area contributed by atoms with E-state index in [2.05, 4.69) is 10.5 Å². The monoisotopic (exact) mass is 367 g/mol. The number of aromatic nitrogens is 1. The van der Waals surface area contributed by atoms with Gasteiger partial charge in [-0.05, 0) is 36.8 Å². The lowest BCUT2D eigenvalue weighted by Crippen LogP contribution is -2.27. The van der Waals surface area contributed by atoms with Gasteiger partial charge in [0.2, 0.25) is 5.91 Å². The number of nitrogens with zero attached hydrogens (tertiary/aromatic N) is 1. The van der Waals surface area contributed by atoms with Crippen molar-refractivity contribution >= 4 is 11.8 Å². The van der Waals surface area contributed by atoms with Gasteiger partial charge in [-0.2, -0.15) is 0 Å². The molecule has 138 valence electrons. The van der Waals surface area contributed by atoms with Crippen molar-refractivity contribution in [2.45, 2.75) is 13.3 Å². The Bertz CT molecular complexity index is 980. The topological polar surface area (TPSA) is 98.2 Å². The highest BCUT2D eigenvalue weighted by molar-refractivity contribution is 5.95. The Morgan fingerprint density at radius 3 is 2.56 bits per heavy atom. The lowest BCUT2D eigenvalue weighted by molar-refractivity contribution is -0.117. The second kappa shape index (κ2) is 7.82. The summed E-state index contributed by atoms with van der Waals surface area (Å²) in [7, 11) is 0. The molecule has 0 fully saturated rings. The zero-order valence-corrected chi connectivity index (χ0v) is 14.7. The number of hydrogen-bond acceptors (Lipinski definition) is 4.